The molecule has 0 spiro atoms. The van der Waals surface area contributed by atoms with Gasteiger partial charge in [-0.15, -0.1) is 0 Å². The van der Waals surface area contributed by atoms with Gasteiger partial charge in [-0.3, -0.25) is 9.59 Å². The van der Waals surface area contributed by atoms with E-state index in [1.807, 2.05) is 21.9 Å². The zero-order chi connectivity index (χ0) is 20.7. The first-order valence-electron chi connectivity index (χ1n) is 10.3. The molecule has 0 atom stereocenters. The van der Waals surface area contributed by atoms with E-state index < -0.39 is 0 Å². The van der Waals surface area contributed by atoms with Crippen LogP contribution in [-0.4, -0.2) is 51.6 Å². The Morgan fingerprint density at radius 1 is 1.07 bits per heavy atom. The van der Waals surface area contributed by atoms with Crippen molar-refractivity contribution in [3.63, 3.8) is 0 Å². The van der Waals surface area contributed by atoms with Gasteiger partial charge in [0.05, 0.1) is 29.3 Å². The standard InChI is InChI=1S/C22H23N5O3/c1-25-14-24-18-12-16(5-6-17(18)22(25)29)27-9-10-30-19-11-15(13-23-20(19)27)21(28)26-7-3-2-4-8-26/h5-6,11-14H,2-4,7-10H2,1H3. The zero-order valence-electron chi connectivity index (χ0n) is 16.9. The second kappa shape index (κ2) is 7.44. The van der Waals surface area contributed by atoms with Crippen molar-refractivity contribution in [1.82, 2.24) is 19.4 Å². The number of ether oxygens (including phenoxy) is 1. The third-order valence-corrected chi connectivity index (χ3v) is 5.77. The molecule has 0 N–H and O–H groups in total. The maximum atomic E-state index is 12.8. The molecule has 154 valence electrons. The van der Waals surface area contributed by atoms with E-state index in [0.717, 1.165) is 31.6 Å². The number of aryl methyl sites for hydroxylation is 1. The number of rotatable bonds is 2. The highest BCUT2D eigenvalue weighted by Gasteiger charge is 2.25. The number of fused-ring (bicyclic) bond motifs is 2. The molecule has 4 heterocycles. The number of hydrogen-bond acceptors (Lipinski definition) is 6. The summed E-state index contributed by atoms with van der Waals surface area (Å²) in [4.78, 5) is 38.0. The third-order valence-electron chi connectivity index (χ3n) is 5.77. The number of carbonyl (C=O) groups is 1. The van der Waals surface area contributed by atoms with Crippen LogP contribution in [0.3, 0.4) is 0 Å². The highest BCUT2D eigenvalue weighted by molar-refractivity contribution is 5.95. The van der Waals surface area contributed by atoms with E-state index in [1.165, 1.54) is 17.3 Å². The summed E-state index contributed by atoms with van der Waals surface area (Å²) in [6.45, 7) is 2.70. The minimum Gasteiger partial charge on any atom is -0.488 e. The average Bonchev–Trinajstić information content (AvgIpc) is 2.80. The van der Waals surface area contributed by atoms with Gasteiger partial charge in [-0.25, -0.2) is 9.97 Å². The van der Waals surface area contributed by atoms with Crippen molar-refractivity contribution in [3.05, 3.63) is 52.7 Å². The van der Waals surface area contributed by atoms with Crippen LogP contribution in [0.4, 0.5) is 11.5 Å². The molecule has 1 fully saturated rings. The maximum Gasteiger partial charge on any atom is 0.260 e. The van der Waals surface area contributed by atoms with E-state index in [2.05, 4.69) is 9.97 Å². The number of benzene rings is 1. The molecule has 0 bridgehead atoms. The molecule has 1 amide bonds. The molecule has 5 rings (SSSR count). The van der Waals surface area contributed by atoms with Gasteiger partial charge in [0.15, 0.2) is 11.6 Å². The van der Waals surface area contributed by atoms with Crippen LogP contribution in [0, 0.1) is 0 Å². The van der Waals surface area contributed by atoms with Crippen LogP contribution in [-0.2, 0) is 7.05 Å². The van der Waals surface area contributed by atoms with Crippen molar-refractivity contribution in [2.24, 2.45) is 7.05 Å². The molecule has 2 aliphatic rings. The summed E-state index contributed by atoms with van der Waals surface area (Å²) in [7, 11) is 1.69. The van der Waals surface area contributed by atoms with E-state index >= 15 is 0 Å². The van der Waals surface area contributed by atoms with Gasteiger partial charge < -0.3 is 19.1 Å². The Morgan fingerprint density at radius 3 is 2.73 bits per heavy atom. The number of amides is 1. The SMILES string of the molecule is Cn1cnc2cc(N3CCOc4cc(C(=O)N5CCCCC5)cnc43)ccc2c1=O. The maximum absolute atomic E-state index is 12.8. The lowest BCUT2D eigenvalue weighted by atomic mass is 10.1. The summed E-state index contributed by atoms with van der Waals surface area (Å²) in [5.41, 5.74) is 2.00. The Kier molecular flexibility index (Phi) is 4.61. The molecule has 3 aromatic rings. The number of anilines is 2. The van der Waals surface area contributed by atoms with Gasteiger partial charge in [0, 0.05) is 32.0 Å². The summed E-state index contributed by atoms with van der Waals surface area (Å²) in [5.74, 6) is 1.28. The van der Waals surface area contributed by atoms with Gasteiger partial charge in [-0.1, -0.05) is 0 Å². The fourth-order valence-electron chi connectivity index (χ4n) is 4.11. The smallest absolute Gasteiger partial charge is 0.260 e. The predicted octanol–water partition coefficient (Wildman–Crippen LogP) is 2.49. The molecule has 8 heteroatoms. The van der Waals surface area contributed by atoms with Crippen molar-refractivity contribution in [2.75, 3.05) is 31.1 Å². The van der Waals surface area contributed by atoms with E-state index in [1.54, 1.807) is 25.4 Å². The highest BCUT2D eigenvalue weighted by Crippen LogP contribution is 2.36. The van der Waals surface area contributed by atoms with Crippen LogP contribution in [0.5, 0.6) is 5.75 Å². The molecule has 0 radical (unpaired) electrons. The number of hydrogen-bond donors (Lipinski definition) is 0. The molecule has 8 nitrogen and oxygen atoms in total. The van der Waals surface area contributed by atoms with Gasteiger partial charge in [-0.05, 0) is 43.5 Å². The first-order valence-corrected chi connectivity index (χ1v) is 10.3. The van der Waals surface area contributed by atoms with Gasteiger partial charge in [0.25, 0.3) is 11.5 Å². The lowest BCUT2D eigenvalue weighted by Crippen LogP contribution is -2.36. The quantitative estimate of drug-likeness (QED) is 0.652. The largest absolute Gasteiger partial charge is 0.488 e. The van der Waals surface area contributed by atoms with Crippen LogP contribution in [0.2, 0.25) is 0 Å². The first-order chi connectivity index (χ1) is 14.6. The van der Waals surface area contributed by atoms with Crippen molar-refractivity contribution >= 4 is 28.3 Å². The Morgan fingerprint density at radius 2 is 1.90 bits per heavy atom. The van der Waals surface area contributed by atoms with E-state index in [4.69, 9.17) is 4.74 Å². The third kappa shape index (κ3) is 3.18. The lowest BCUT2D eigenvalue weighted by Gasteiger charge is -2.31. The van der Waals surface area contributed by atoms with Crippen LogP contribution in [0.15, 0.2) is 41.6 Å². The normalized spacial score (nSPS) is 16.3. The first kappa shape index (κ1) is 18.6. The second-order valence-electron chi connectivity index (χ2n) is 7.76. The molecule has 2 aliphatic heterocycles. The van der Waals surface area contributed by atoms with Gasteiger partial charge in [0.1, 0.15) is 6.61 Å². The minimum absolute atomic E-state index is 0.0106. The van der Waals surface area contributed by atoms with Crippen LogP contribution < -0.4 is 15.2 Å². The summed E-state index contributed by atoms with van der Waals surface area (Å²) >= 11 is 0. The number of nitrogens with zero attached hydrogens (tertiary/aromatic N) is 5. The number of likely N-dealkylation sites (tertiary alicyclic amines) is 1. The fourth-order valence-corrected chi connectivity index (χ4v) is 4.11. The zero-order valence-corrected chi connectivity index (χ0v) is 16.9. The van der Waals surface area contributed by atoms with Crippen molar-refractivity contribution < 1.29 is 9.53 Å². The predicted molar refractivity (Wildman–Crippen MR) is 113 cm³/mol. The molecule has 1 saturated heterocycles. The minimum atomic E-state index is -0.0760. The van der Waals surface area contributed by atoms with Crippen molar-refractivity contribution in [3.8, 4) is 5.75 Å². The molecular formula is C22H23N5O3. The molecular weight excluding hydrogens is 382 g/mol. The van der Waals surface area contributed by atoms with Crippen LogP contribution in [0.1, 0.15) is 29.6 Å². The fraction of sp³-hybridized carbons (Fsp3) is 0.364. The van der Waals surface area contributed by atoms with E-state index in [9.17, 15) is 9.59 Å². The highest BCUT2D eigenvalue weighted by atomic mass is 16.5. The number of carbonyl (C=O) groups excluding carboxylic acids is 1. The molecule has 0 aliphatic carbocycles. The second-order valence-corrected chi connectivity index (χ2v) is 7.76. The van der Waals surface area contributed by atoms with Gasteiger partial charge in [0.2, 0.25) is 0 Å². The Bertz CT molecular complexity index is 1180. The number of aromatic nitrogens is 3. The Labute approximate surface area is 173 Å². The van der Waals surface area contributed by atoms with Crippen molar-refractivity contribution in [1.29, 1.82) is 0 Å². The van der Waals surface area contributed by atoms with Crippen molar-refractivity contribution in [2.45, 2.75) is 19.3 Å². The summed E-state index contributed by atoms with van der Waals surface area (Å²) in [5, 5.41) is 0.577. The Hall–Kier alpha value is -3.42. The summed E-state index contributed by atoms with van der Waals surface area (Å²) in [6.07, 6.45) is 6.43. The van der Waals surface area contributed by atoms with Gasteiger partial charge in [-0.2, -0.15) is 0 Å². The molecule has 1 aromatic carbocycles. The number of piperidine rings is 1. The lowest BCUT2D eigenvalue weighted by molar-refractivity contribution is 0.0723. The van der Waals surface area contributed by atoms with Crippen LogP contribution >= 0.6 is 0 Å². The van der Waals surface area contributed by atoms with E-state index in [-0.39, 0.29) is 11.5 Å². The molecule has 2 aromatic heterocycles. The molecule has 0 unspecified atom stereocenters. The summed E-state index contributed by atoms with van der Waals surface area (Å²) in [6, 6.07) is 7.37. The molecule has 30 heavy (non-hydrogen) atoms. The van der Waals surface area contributed by atoms with E-state index in [0.29, 0.717) is 41.2 Å². The molecule has 0 saturated carbocycles. The average molecular weight is 405 g/mol. The topological polar surface area (TPSA) is 80.6 Å². The van der Waals surface area contributed by atoms with Gasteiger partial charge >= 0.3 is 0 Å². The monoisotopic (exact) mass is 405 g/mol. The number of pyridine rings is 1. The summed E-state index contributed by atoms with van der Waals surface area (Å²) < 4.78 is 7.30. The Balaban J connectivity index is 1.48. The van der Waals surface area contributed by atoms with Crippen LogP contribution in [0.25, 0.3) is 10.9 Å².